The number of hydrogen-bond acceptors (Lipinski definition) is 4. The second-order valence-corrected chi connectivity index (χ2v) is 2.63. The fourth-order valence-corrected chi connectivity index (χ4v) is 0.934. The van der Waals surface area contributed by atoms with E-state index in [1.165, 1.54) is 7.11 Å². The monoisotopic (exact) mass is 216 g/mol. The summed E-state index contributed by atoms with van der Waals surface area (Å²) in [4.78, 5) is 14.9. The number of rotatable bonds is 3. The molecule has 0 aromatic carbocycles. The predicted molar refractivity (Wildman–Crippen MR) is 56.6 cm³/mol. The molecule has 0 bridgehead atoms. The summed E-state index contributed by atoms with van der Waals surface area (Å²) in [5.41, 5.74) is 0.806. The molecule has 1 atom stereocenters. The Morgan fingerprint density at radius 1 is 1.64 bits per heavy atom. The second-order valence-electron chi connectivity index (χ2n) is 2.63. The Bertz CT molecular complexity index is 279. The Balaban J connectivity index is 0.00000169. The van der Waals surface area contributed by atoms with Crippen LogP contribution in [0.3, 0.4) is 0 Å². The van der Waals surface area contributed by atoms with E-state index < -0.39 is 0 Å². The Morgan fingerprint density at radius 2 is 2.36 bits per heavy atom. The lowest BCUT2D eigenvalue weighted by Crippen LogP contribution is -2.27. The molecule has 0 aliphatic heterocycles. The van der Waals surface area contributed by atoms with Crippen LogP contribution in [0.1, 0.15) is 6.92 Å². The summed E-state index contributed by atoms with van der Waals surface area (Å²) < 4.78 is 4.56. The number of methoxy groups -OCH3 is 1. The average molecular weight is 217 g/mol. The smallest absolute Gasteiger partial charge is 0.327 e. The highest BCUT2D eigenvalue weighted by atomic mass is 35.5. The van der Waals surface area contributed by atoms with Crippen molar-refractivity contribution in [2.75, 3.05) is 12.4 Å². The van der Waals surface area contributed by atoms with Crippen molar-refractivity contribution in [3.8, 4) is 0 Å². The molecule has 0 saturated carbocycles. The molecule has 0 amide bonds. The maximum Gasteiger partial charge on any atom is 0.327 e. The van der Waals surface area contributed by atoms with E-state index in [0.717, 1.165) is 5.69 Å². The van der Waals surface area contributed by atoms with E-state index in [2.05, 4.69) is 15.0 Å². The lowest BCUT2D eigenvalue weighted by atomic mass is 10.3. The van der Waals surface area contributed by atoms with E-state index in [1.54, 1.807) is 25.4 Å². The zero-order valence-electron chi connectivity index (χ0n) is 8.06. The van der Waals surface area contributed by atoms with Crippen LogP contribution in [-0.2, 0) is 9.53 Å². The minimum atomic E-state index is -0.353. The van der Waals surface area contributed by atoms with Gasteiger partial charge in [-0.15, -0.1) is 12.4 Å². The Kier molecular flexibility index (Phi) is 5.64. The van der Waals surface area contributed by atoms with Crippen molar-refractivity contribution < 1.29 is 9.53 Å². The quantitative estimate of drug-likeness (QED) is 0.778. The predicted octanol–water partition coefficient (Wildman–Crippen LogP) is 1.48. The molecule has 1 rings (SSSR count). The molecule has 1 N–H and O–H groups in total. The van der Waals surface area contributed by atoms with Gasteiger partial charge in [-0.1, -0.05) is 0 Å². The molecule has 0 unspecified atom stereocenters. The van der Waals surface area contributed by atoms with Gasteiger partial charge in [0.1, 0.15) is 6.04 Å². The Hall–Kier alpha value is -1.29. The maximum atomic E-state index is 11.0. The molecule has 14 heavy (non-hydrogen) atoms. The molecule has 0 aliphatic carbocycles. The van der Waals surface area contributed by atoms with Gasteiger partial charge in [0.25, 0.3) is 0 Å². The Labute approximate surface area is 89.1 Å². The van der Waals surface area contributed by atoms with Crippen LogP contribution in [0.4, 0.5) is 5.69 Å². The summed E-state index contributed by atoms with van der Waals surface area (Å²) in [7, 11) is 1.36. The Morgan fingerprint density at radius 3 is 2.86 bits per heavy atom. The molecule has 1 aromatic rings. The molecule has 0 saturated heterocycles. The van der Waals surface area contributed by atoms with Crippen LogP contribution in [0, 0.1) is 0 Å². The number of halogens is 1. The number of ether oxygens (including phenoxy) is 1. The van der Waals surface area contributed by atoms with Crippen LogP contribution >= 0.6 is 12.4 Å². The van der Waals surface area contributed by atoms with Gasteiger partial charge in [0.05, 0.1) is 12.8 Å². The minimum Gasteiger partial charge on any atom is -0.467 e. The number of anilines is 1. The normalized spacial score (nSPS) is 11.0. The van der Waals surface area contributed by atoms with Gasteiger partial charge in [0.15, 0.2) is 0 Å². The maximum absolute atomic E-state index is 11.0. The third-order valence-corrected chi connectivity index (χ3v) is 1.60. The number of pyridine rings is 1. The molecule has 4 nitrogen and oxygen atoms in total. The number of aromatic nitrogens is 1. The summed E-state index contributed by atoms with van der Waals surface area (Å²) >= 11 is 0. The third kappa shape index (κ3) is 3.62. The lowest BCUT2D eigenvalue weighted by molar-refractivity contribution is -0.141. The number of carbonyl (C=O) groups excluding carboxylic acids is 1. The summed E-state index contributed by atoms with van der Waals surface area (Å²) in [6.45, 7) is 1.73. The van der Waals surface area contributed by atoms with Crippen molar-refractivity contribution in [1.82, 2.24) is 4.98 Å². The van der Waals surface area contributed by atoms with Gasteiger partial charge < -0.3 is 10.1 Å². The van der Waals surface area contributed by atoms with E-state index in [-0.39, 0.29) is 24.4 Å². The first kappa shape index (κ1) is 12.7. The number of nitrogens with zero attached hydrogens (tertiary/aromatic N) is 1. The van der Waals surface area contributed by atoms with Gasteiger partial charge >= 0.3 is 5.97 Å². The highest BCUT2D eigenvalue weighted by Crippen LogP contribution is 2.05. The van der Waals surface area contributed by atoms with Gasteiger partial charge in [-0.2, -0.15) is 0 Å². The van der Waals surface area contributed by atoms with Gasteiger partial charge in [0, 0.05) is 12.4 Å². The molecule has 0 aliphatic rings. The molecule has 1 aromatic heterocycles. The molecule has 5 heteroatoms. The van der Waals surface area contributed by atoms with Crippen molar-refractivity contribution >= 4 is 24.1 Å². The van der Waals surface area contributed by atoms with Gasteiger partial charge in [-0.3, -0.25) is 4.98 Å². The summed E-state index contributed by atoms with van der Waals surface area (Å²) in [6.07, 6.45) is 3.33. The summed E-state index contributed by atoms with van der Waals surface area (Å²) in [5.74, 6) is -0.288. The number of carbonyl (C=O) groups is 1. The van der Waals surface area contributed by atoms with E-state index in [4.69, 9.17) is 0 Å². The molecule has 0 spiro atoms. The van der Waals surface area contributed by atoms with Crippen molar-refractivity contribution in [2.45, 2.75) is 13.0 Å². The number of esters is 1. The van der Waals surface area contributed by atoms with E-state index in [1.807, 2.05) is 6.07 Å². The van der Waals surface area contributed by atoms with Gasteiger partial charge in [-0.25, -0.2) is 4.79 Å². The third-order valence-electron chi connectivity index (χ3n) is 1.60. The highest BCUT2D eigenvalue weighted by Gasteiger charge is 2.11. The molecule has 0 radical (unpaired) electrons. The van der Waals surface area contributed by atoms with Crippen molar-refractivity contribution in [2.24, 2.45) is 0 Å². The van der Waals surface area contributed by atoms with E-state index in [0.29, 0.717) is 0 Å². The number of nitrogens with one attached hydrogen (secondary N) is 1. The van der Waals surface area contributed by atoms with Gasteiger partial charge in [-0.05, 0) is 19.1 Å². The van der Waals surface area contributed by atoms with Crippen LogP contribution in [0.15, 0.2) is 24.5 Å². The fourth-order valence-electron chi connectivity index (χ4n) is 0.934. The first-order valence-corrected chi connectivity index (χ1v) is 3.98. The van der Waals surface area contributed by atoms with Crippen molar-refractivity contribution in [1.29, 1.82) is 0 Å². The molecular weight excluding hydrogens is 204 g/mol. The average Bonchev–Trinajstić information content (AvgIpc) is 2.18. The minimum absolute atomic E-state index is 0. The summed E-state index contributed by atoms with van der Waals surface area (Å²) in [5, 5.41) is 2.96. The highest BCUT2D eigenvalue weighted by molar-refractivity contribution is 5.85. The summed E-state index contributed by atoms with van der Waals surface area (Å²) in [6, 6.07) is 3.29. The zero-order valence-corrected chi connectivity index (χ0v) is 8.88. The number of hydrogen-bond donors (Lipinski definition) is 1. The van der Waals surface area contributed by atoms with Crippen LogP contribution in [0.5, 0.6) is 0 Å². The standard InChI is InChI=1S/C9H12N2O2.ClH/c1-7(9(12)13-2)11-8-4-3-5-10-6-8;/h3-7,11H,1-2H3;1H/t7-;/m0./s1. The second kappa shape index (κ2) is 6.21. The molecule has 1 heterocycles. The van der Waals surface area contributed by atoms with Crippen LogP contribution in [0.2, 0.25) is 0 Å². The zero-order chi connectivity index (χ0) is 9.68. The van der Waals surface area contributed by atoms with Crippen molar-refractivity contribution in [3.63, 3.8) is 0 Å². The largest absolute Gasteiger partial charge is 0.467 e. The van der Waals surface area contributed by atoms with Crippen LogP contribution in [-0.4, -0.2) is 24.1 Å². The fraction of sp³-hybridized carbons (Fsp3) is 0.333. The lowest BCUT2D eigenvalue weighted by Gasteiger charge is -2.11. The SMILES string of the molecule is COC(=O)[C@H](C)Nc1cccnc1.Cl. The molecular formula is C9H13ClN2O2. The van der Waals surface area contributed by atoms with E-state index in [9.17, 15) is 4.79 Å². The van der Waals surface area contributed by atoms with Crippen LogP contribution < -0.4 is 5.32 Å². The molecule has 78 valence electrons. The van der Waals surface area contributed by atoms with Gasteiger partial charge in [0.2, 0.25) is 0 Å². The molecule has 0 fully saturated rings. The van der Waals surface area contributed by atoms with E-state index >= 15 is 0 Å². The van der Waals surface area contributed by atoms with Crippen LogP contribution in [0.25, 0.3) is 0 Å². The first-order chi connectivity index (χ1) is 6.24. The van der Waals surface area contributed by atoms with Crippen molar-refractivity contribution in [3.05, 3.63) is 24.5 Å². The first-order valence-electron chi connectivity index (χ1n) is 3.98. The topological polar surface area (TPSA) is 51.2 Å².